The second-order valence-electron chi connectivity index (χ2n) is 5.75. The molecule has 2 aliphatic carbocycles. The van der Waals surface area contributed by atoms with Crippen LogP contribution in [0, 0.1) is 0 Å². The van der Waals surface area contributed by atoms with Crippen molar-refractivity contribution in [1.29, 1.82) is 0 Å². The zero-order chi connectivity index (χ0) is 13.5. The molecular weight excluding hydrogens is 268 g/mol. The lowest BCUT2D eigenvalue weighted by molar-refractivity contribution is -0.181. The minimum absolute atomic E-state index is 0.0506. The molecule has 0 radical (unpaired) electrons. The van der Waals surface area contributed by atoms with Crippen molar-refractivity contribution in [3.05, 3.63) is 0 Å². The van der Waals surface area contributed by atoms with Crippen molar-refractivity contribution in [2.24, 2.45) is 0 Å². The van der Waals surface area contributed by atoms with Gasteiger partial charge in [0.05, 0.1) is 13.2 Å². The van der Waals surface area contributed by atoms with Crippen molar-refractivity contribution in [3.8, 4) is 0 Å². The molecule has 0 bridgehead atoms. The van der Waals surface area contributed by atoms with E-state index in [1.165, 1.54) is 4.31 Å². The van der Waals surface area contributed by atoms with Gasteiger partial charge < -0.3 is 9.47 Å². The summed E-state index contributed by atoms with van der Waals surface area (Å²) in [6, 6.07) is 0.207. The van der Waals surface area contributed by atoms with Crippen LogP contribution in [0.2, 0.25) is 0 Å². The lowest BCUT2D eigenvalue weighted by Crippen LogP contribution is -2.48. The van der Waals surface area contributed by atoms with Crippen LogP contribution >= 0.6 is 0 Å². The highest BCUT2D eigenvalue weighted by molar-refractivity contribution is 7.87. The molecule has 0 aromatic heterocycles. The van der Waals surface area contributed by atoms with Crippen molar-refractivity contribution in [1.82, 2.24) is 9.03 Å². The van der Waals surface area contributed by atoms with Crippen LogP contribution in [0.5, 0.6) is 0 Å². The second kappa shape index (κ2) is 4.96. The Bertz CT molecular complexity index is 419. The molecule has 110 valence electrons. The molecule has 3 rings (SSSR count). The molecule has 2 saturated carbocycles. The average Bonchev–Trinajstić information content (AvgIpc) is 3.07. The first-order chi connectivity index (χ1) is 9.01. The Morgan fingerprint density at radius 3 is 2.21 bits per heavy atom. The van der Waals surface area contributed by atoms with Gasteiger partial charge in [-0.15, -0.1) is 0 Å². The smallest absolute Gasteiger partial charge is 0.279 e. The van der Waals surface area contributed by atoms with Gasteiger partial charge in [0.15, 0.2) is 5.79 Å². The molecular formula is C12H22N2O4S. The molecule has 0 aromatic carbocycles. The third-order valence-electron chi connectivity index (χ3n) is 4.32. The maximum absolute atomic E-state index is 12.1. The van der Waals surface area contributed by atoms with Crippen molar-refractivity contribution < 1.29 is 17.9 Å². The first-order valence-electron chi connectivity index (χ1n) is 7.04. The van der Waals surface area contributed by atoms with Gasteiger partial charge in [0.1, 0.15) is 0 Å². The second-order valence-corrected chi connectivity index (χ2v) is 7.51. The number of hydrogen-bond donors (Lipinski definition) is 1. The van der Waals surface area contributed by atoms with Crippen LogP contribution in [0.15, 0.2) is 0 Å². The number of nitrogens with zero attached hydrogens (tertiary/aromatic N) is 1. The van der Waals surface area contributed by atoms with Gasteiger partial charge in [-0.1, -0.05) is 0 Å². The largest absolute Gasteiger partial charge is 0.348 e. The fourth-order valence-corrected chi connectivity index (χ4v) is 4.31. The Hall–Kier alpha value is -0.210. The van der Waals surface area contributed by atoms with Crippen LogP contribution < -0.4 is 4.72 Å². The Labute approximate surface area is 114 Å². The summed E-state index contributed by atoms with van der Waals surface area (Å²) < 4.78 is 39.8. The van der Waals surface area contributed by atoms with E-state index in [9.17, 15) is 8.42 Å². The standard InChI is InChI=1S/C12H22N2O4S/c1-14(19(15,16)13-10-2-3-10)11-4-6-12(7-5-11)17-8-9-18-12/h10-11,13H,2-9H2,1H3. The van der Waals surface area contributed by atoms with Crippen LogP contribution in [0.3, 0.4) is 0 Å². The molecule has 1 spiro atoms. The van der Waals surface area contributed by atoms with Crippen molar-refractivity contribution in [2.45, 2.75) is 56.4 Å². The molecule has 1 saturated heterocycles. The Morgan fingerprint density at radius 1 is 1.11 bits per heavy atom. The Balaban J connectivity index is 1.58. The zero-order valence-electron chi connectivity index (χ0n) is 11.3. The average molecular weight is 290 g/mol. The van der Waals surface area contributed by atoms with Crippen LogP contribution in [-0.4, -0.2) is 50.9 Å². The van der Waals surface area contributed by atoms with E-state index in [0.29, 0.717) is 13.2 Å². The van der Waals surface area contributed by atoms with Gasteiger partial charge in [0.2, 0.25) is 0 Å². The topological polar surface area (TPSA) is 67.9 Å². The summed E-state index contributed by atoms with van der Waals surface area (Å²) in [5.74, 6) is -0.426. The zero-order valence-corrected chi connectivity index (χ0v) is 12.1. The van der Waals surface area contributed by atoms with Crippen LogP contribution in [0.25, 0.3) is 0 Å². The molecule has 0 amide bonds. The molecule has 0 unspecified atom stereocenters. The minimum atomic E-state index is -3.33. The summed E-state index contributed by atoms with van der Waals surface area (Å²) >= 11 is 0. The minimum Gasteiger partial charge on any atom is -0.348 e. The summed E-state index contributed by atoms with van der Waals surface area (Å²) in [6.07, 6.45) is 5.07. The predicted molar refractivity (Wildman–Crippen MR) is 69.7 cm³/mol. The van der Waals surface area contributed by atoms with E-state index >= 15 is 0 Å². The number of ether oxygens (including phenoxy) is 2. The number of hydrogen-bond acceptors (Lipinski definition) is 4. The highest BCUT2D eigenvalue weighted by atomic mass is 32.2. The molecule has 1 N–H and O–H groups in total. The molecule has 3 aliphatic rings. The molecule has 3 fully saturated rings. The maximum atomic E-state index is 12.1. The van der Waals surface area contributed by atoms with Crippen LogP contribution in [-0.2, 0) is 19.7 Å². The van der Waals surface area contributed by atoms with Gasteiger partial charge in [-0.3, -0.25) is 0 Å². The molecule has 1 heterocycles. The Kier molecular flexibility index (Phi) is 3.59. The van der Waals surface area contributed by atoms with E-state index in [1.807, 2.05) is 0 Å². The first-order valence-corrected chi connectivity index (χ1v) is 8.48. The number of rotatable bonds is 4. The normalized spacial score (nSPS) is 28.3. The van der Waals surface area contributed by atoms with E-state index in [2.05, 4.69) is 4.72 Å². The Morgan fingerprint density at radius 2 is 1.68 bits per heavy atom. The highest BCUT2D eigenvalue weighted by Crippen LogP contribution is 2.37. The fourth-order valence-electron chi connectivity index (χ4n) is 2.88. The fraction of sp³-hybridized carbons (Fsp3) is 1.00. The molecule has 0 aromatic rings. The summed E-state index contributed by atoms with van der Waals surface area (Å²) in [5, 5.41) is 0. The van der Waals surface area contributed by atoms with Crippen LogP contribution in [0.1, 0.15) is 38.5 Å². The lowest BCUT2D eigenvalue weighted by Gasteiger charge is -2.38. The summed E-state index contributed by atoms with van der Waals surface area (Å²) in [5.41, 5.74) is 0. The number of nitrogens with one attached hydrogen (secondary N) is 1. The van der Waals surface area contributed by atoms with Crippen LogP contribution in [0.4, 0.5) is 0 Å². The molecule has 19 heavy (non-hydrogen) atoms. The van der Waals surface area contributed by atoms with E-state index in [4.69, 9.17) is 9.47 Å². The highest BCUT2D eigenvalue weighted by Gasteiger charge is 2.43. The van der Waals surface area contributed by atoms with E-state index < -0.39 is 16.0 Å². The van der Waals surface area contributed by atoms with Gasteiger partial charge in [0.25, 0.3) is 10.2 Å². The predicted octanol–water partition coefficient (Wildman–Crippen LogP) is 0.601. The molecule has 0 atom stereocenters. The van der Waals surface area contributed by atoms with E-state index in [-0.39, 0.29) is 12.1 Å². The van der Waals surface area contributed by atoms with Gasteiger partial charge in [0, 0.05) is 32.0 Å². The summed E-state index contributed by atoms with van der Waals surface area (Å²) in [7, 11) is -1.66. The summed E-state index contributed by atoms with van der Waals surface area (Å²) in [6.45, 7) is 1.31. The quantitative estimate of drug-likeness (QED) is 0.823. The van der Waals surface area contributed by atoms with Gasteiger partial charge in [-0.25, -0.2) is 0 Å². The third kappa shape index (κ3) is 2.95. The van der Waals surface area contributed by atoms with Gasteiger partial charge in [-0.05, 0) is 25.7 Å². The molecule has 6 nitrogen and oxygen atoms in total. The SMILES string of the molecule is CN(C1CCC2(CC1)OCCO2)S(=O)(=O)NC1CC1. The van der Waals surface area contributed by atoms with E-state index in [1.54, 1.807) is 7.05 Å². The monoisotopic (exact) mass is 290 g/mol. The first kappa shape index (κ1) is 13.8. The van der Waals surface area contributed by atoms with Crippen molar-refractivity contribution in [2.75, 3.05) is 20.3 Å². The third-order valence-corrected chi connectivity index (χ3v) is 6.00. The molecule has 1 aliphatic heterocycles. The van der Waals surface area contributed by atoms with E-state index in [0.717, 1.165) is 38.5 Å². The van der Waals surface area contributed by atoms with Crippen molar-refractivity contribution >= 4 is 10.2 Å². The lowest BCUT2D eigenvalue weighted by atomic mass is 9.90. The van der Waals surface area contributed by atoms with Crippen molar-refractivity contribution in [3.63, 3.8) is 0 Å². The van der Waals surface area contributed by atoms with Gasteiger partial charge in [-0.2, -0.15) is 17.4 Å². The molecule has 7 heteroatoms. The maximum Gasteiger partial charge on any atom is 0.279 e. The van der Waals surface area contributed by atoms with Gasteiger partial charge >= 0.3 is 0 Å². The summed E-state index contributed by atoms with van der Waals surface area (Å²) in [4.78, 5) is 0.